The molecule has 43 heavy (non-hydrogen) atoms. The molecule has 5 rings (SSSR count). The number of ether oxygens (including phenoxy) is 2. The highest BCUT2D eigenvalue weighted by atomic mass is 32.2. The molecule has 0 radical (unpaired) electrons. The van der Waals surface area contributed by atoms with Crippen molar-refractivity contribution in [3.05, 3.63) is 119 Å². The molecule has 1 heterocycles. The molecule has 1 aliphatic heterocycles. The van der Waals surface area contributed by atoms with Gasteiger partial charge in [0.15, 0.2) is 18.1 Å². The van der Waals surface area contributed by atoms with Gasteiger partial charge in [0.25, 0.3) is 11.8 Å². The maximum Gasteiger partial charge on any atom is 0.279 e. The lowest BCUT2D eigenvalue weighted by Gasteiger charge is -2.24. The Morgan fingerprint density at radius 2 is 1.74 bits per heavy atom. The van der Waals surface area contributed by atoms with Gasteiger partial charge in [-0.2, -0.15) is 5.10 Å². The van der Waals surface area contributed by atoms with Gasteiger partial charge in [-0.25, -0.2) is 9.40 Å². The zero-order chi connectivity index (χ0) is 30.3. The largest absolute Gasteiger partial charge is 0.507 e. The maximum atomic E-state index is 13.7. The number of thioether (sulfide) groups is 1. The molecule has 220 valence electrons. The molecule has 0 saturated heterocycles. The summed E-state index contributed by atoms with van der Waals surface area (Å²) in [4.78, 5) is 26.4. The van der Waals surface area contributed by atoms with E-state index in [4.69, 9.17) is 9.47 Å². The number of rotatable bonds is 10. The average molecular weight is 600 g/mol. The number of methoxy groups -OCH3 is 1. The number of phenolic OH excluding ortho intramolecular Hbond substituents is 1. The van der Waals surface area contributed by atoms with Gasteiger partial charge in [0.1, 0.15) is 22.0 Å². The van der Waals surface area contributed by atoms with E-state index in [9.17, 15) is 19.1 Å². The number of hydrogen-bond acceptors (Lipinski definition) is 7. The molecule has 0 aromatic heterocycles. The van der Waals surface area contributed by atoms with Crippen LogP contribution in [0.3, 0.4) is 0 Å². The van der Waals surface area contributed by atoms with Crippen molar-refractivity contribution in [1.29, 1.82) is 0 Å². The highest BCUT2D eigenvalue weighted by molar-refractivity contribution is 8.14. The predicted molar refractivity (Wildman–Crippen MR) is 165 cm³/mol. The first kappa shape index (κ1) is 29.7. The van der Waals surface area contributed by atoms with Crippen molar-refractivity contribution in [3.8, 4) is 17.2 Å². The topological polar surface area (TPSA) is 100 Å². The molecule has 0 saturated carbocycles. The second-order valence-electron chi connectivity index (χ2n) is 9.71. The summed E-state index contributed by atoms with van der Waals surface area (Å²) < 4.78 is 25.2. The maximum absolute atomic E-state index is 13.7. The van der Waals surface area contributed by atoms with Crippen LogP contribution in [-0.2, 0) is 11.2 Å². The molecule has 1 unspecified atom stereocenters. The van der Waals surface area contributed by atoms with Crippen LogP contribution in [0.15, 0.2) is 96.1 Å². The minimum atomic E-state index is -0.721. The van der Waals surface area contributed by atoms with Gasteiger partial charge in [0.2, 0.25) is 0 Å². The van der Waals surface area contributed by atoms with Crippen molar-refractivity contribution < 1.29 is 28.6 Å². The van der Waals surface area contributed by atoms with E-state index < -0.39 is 17.1 Å². The Labute approximate surface area is 253 Å². The van der Waals surface area contributed by atoms with E-state index in [1.165, 1.54) is 53.7 Å². The van der Waals surface area contributed by atoms with Crippen LogP contribution in [0.4, 0.5) is 10.1 Å². The number of aryl methyl sites for hydroxylation is 1. The van der Waals surface area contributed by atoms with E-state index >= 15 is 0 Å². The van der Waals surface area contributed by atoms with Crippen molar-refractivity contribution >= 4 is 34.3 Å². The Kier molecular flexibility index (Phi) is 9.26. The van der Waals surface area contributed by atoms with Crippen molar-refractivity contribution in [1.82, 2.24) is 5.01 Å². The minimum Gasteiger partial charge on any atom is -0.507 e. The fraction of sp³-hybridized carbons (Fsp3) is 0.182. The van der Waals surface area contributed by atoms with Gasteiger partial charge in [0, 0.05) is 16.8 Å². The van der Waals surface area contributed by atoms with Gasteiger partial charge in [-0.15, -0.1) is 0 Å². The number of nitrogens with one attached hydrogen (secondary N) is 1. The first-order valence-corrected chi connectivity index (χ1v) is 14.6. The van der Waals surface area contributed by atoms with E-state index in [1.54, 1.807) is 42.5 Å². The van der Waals surface area contributed by atoms with Gasteiger partial charge in [-0.1, -0.05) is 61.5 Å². The van der Waals surface area contributed by atoms with Gasteiger partial charge in [-0.3, -0.25) is 9.59 Å². The summed E-state index contributed by atoms with van der Waals surface area (Å²) in [6, 6.07) is 24.9. The molecule has 10 heteroatoms. The quantitative estimate of drug-likeness (QED) is 0.209. The highest BCUT2D eigenvalue weighted by Gasteiger charge is 2.37. The van der Waals surface area contributed by atoms with E-state index in [0.717, 1.165) is 12.8 Å². The van der Waals surface area contributed by atoms with Crippen molar-refractivity contribution in [2.75, 3.05) is 19.0 Å². The molecule has 2 amide bonds. The number of anilines is 1. The third-order valence-electron chi connectivity index (χ3n) is 6.69. The predicted octanol–water partition coefficient (Wildman–Crippen LogP) is 6.76. The fourth-order valence-corrected chi connectivity index (χ4v) is 5.79. The molecule has 0 fully saturated rings. The van der Waals surface area contributed by atoms with Crippen LogP contribution < -0.4 is 14.8 Å². The van der Waals surface area contributed by atoms with Crippen LogP contribution in [-0.4, -0.2) is 40.7 Å². The van der Waals surface area contributed by atoms with Gasteiger partial charge in [-0.05, 0) is 66.6 Å². The van der Waals surface area contributed by atoms with Crippen LogP contribution in [0, 0.1) is 5.82 Å². The number of hydrogen-bond donors (Lipinski definition) is 2. The first-order valence-electron chi connectivity index (χ1n) is 13.7. The normalized spacial score (nSPS) is 14.3. The Hall–Kier alpha value is -4.83. The summed E-state index contributed by atoms with van der Waals surface area (Å²) in [5.41, 5.74) is 3.12. The Morgan fingerprint density at radius 3 is 2.44 bits per heavy atom. The Balaban J connectivity index is 1.40. The third-order valence-corrected chi connectivity index (χ3v) is 7.91. The molecule has 0 aliphatic carbocycles. The lowest BCUT2D eigenvalue weighted by Crippen LogP contribution is -2.26. The average Bonchev–Trinajstić information content (AvgIpc) is 3.46. The van der Waals surface area contributed by atoms with E-state index in [-0.39, 0.29) is 23.8 Å². The molecular weight excluding hydrogens is 569 g/mol. The molecular formula is C33H30FN3O5S. The number of aromatic hydroxyl groups is 1. The summed E-state index contributed by atoms with van der Waals surface area (Å²) in [6.45, 7) is 1.84. The molecule has 0 bridgehead atoms. The number of carbonyl (C=O) groups is 2. The molecule has 8 nitrogen and oxygen atoms in total. The molecule has 4 aromatic carbocycles. The number of halogens is 1. The smallest absolute Gasteiger partial charge is 0.279 e. The van der Waals surface area contributed by atoms with Crippen LogP contribution in [0.1, 0.15) is 45.8 Å². The molecule has 1 aliphatic rings. The summed E-state index contributed by atoms with van der Waals surface area (Å²) in [6.07, 6.45) is 2.01. The number of benzene rings is 4. The molecule has 1 atom stereocenters. The number of phenols is 1. The standard InChI is InChI=1S/C33H30FN3O5S/c1-3-7-21-12-18-24(19-13-21)35-29(39)20-42-28-11-6-9-26(30(28)41-2)33-37(32(40)25-8-4-5-10-27(25)38)36-31(43-33)22-14-16-23(34)17-15-22/h4-6,8-19,33,38H,3,7,20H2,1-2H3,(H,35,39). The molecule has 2 N–H and O–H groups in total. The number of carbonyl (C=O) groups excluding carboxylic acids is 2. The summed E-state index contributed by atoms with van der Waals surface area (Å²) in [7, 11) is 1.47. The lowest BCUT2D eigenvalue weighted by molar-refractivity contribution is -0.118. The third kappa shape index (κ3) is 6.81. The van der Waals surface area contributed by atoms with Gasteiger partial charge >= 0.3 is 0 Å². The summed E-state index contributed by atoms with van der Waals surface area (Å²) in [5.74, 6) is -0.830. The van der Waals surface area contributed by atoms with Gasteiger partial charge in [0.05, 0.1) is 12.7 Å². The lowest BCUT2D eigenvalue weighted by atomic mass is 10.1. The van der Waals surface area contributed by atoms with Crippen LogP contribution in [0.5, 0.6) is 17.2 Å². The first-order chi connectivity index (χ1) is 20.9. The summed E-state index contributed by atoms with van der Waals surface area (Å²) >= 11 is 1.26. The fourth-order valence-electron chi connectivity index (χ4n) is 4.62. The van der Waals surface area contributed by atoms with Crippen LogP contribution >= 0.6 is 11.8 Å². The Bertz CT molecular complexity index is 1640. The number of nitrogens with zero attached hydrogens (tertiary/aromatic N) is 2. The second-order valence-corrected chi connectivity index (χ2v) is 10.8. The van der Waals surface area contributed by atoms with Crippen molar-refractivity contribution in [2.45, 2.75) is 25.1 Å². The van der Waals surface area contributed by atoms with E-state index in [0.29, 0.717) is 33.4 Å². The number of hydrazone groups is 1. The van der Waals surface area contributed by atoms with E-state index in [1.807, 2.05) is 24.3 Å². The highest BCUT2D eigenvalue weighted by Crippen LogP contribution is 2.48. The number of para-hydroxylation sites is 2. The van der Waals surface area contributed by atoms with E-state index in [2.05, 4.69) is 17.3 Å². The zero-order valence-electron chi connectivity index (χ0n) is 23.6. The van der Waals surface area contributed by atoms with Crippen molar-refractivity contribution in [2.24, 2.45) is 5.10 Å². The molecule has 0 spiro atoms. The zero-order valence-corrected chi connectivity index (χ0v) is 24.4. The second kappa shape index (κ2) is 13.4. The minimum absolute atomic E-state index is 0.0722. The van der Waals surface area contributed by atoms with Crippen molar-refractivity contribution in [3.63, 3.8) is 0 Å². The van der Waals surface area contributed by atoms with Crippen LogP contribution in [0.2, 0.25) is 0 Å². The van der Waals surface area contributed by atoms with Crippen LogP contribution in [0.25, 0.3) is 0 Å². The SMILES string of the molecule is CCCc1ccc(NC(=O)COc2cccc(C3SC(c4ccc(F)cc4)=NN3C(=O)c3ccccc3O)c2OC)cc1. The molecule has 4 aromatic rings. The number of amides is 2. The summed E-state index contributed by atoms with van der Waals surface area (Å²) in [5, 5.41) is 18.8. The van der Waals surface area contributed by atoms with Gasteiger partial charge < -0.3 is 19.9 Å². The Morgan fingerprint density at radius 1 is 1.00 bits per heavy atom. The monoisotopic (exact) mass is 599 g/mol.